The first-order chi connectivity index (χ1) is 8.69. The first-order valence-corrected chi connectivity index (χ1v) is 5.40. The number of nitriles is 1. The molecule has 0 unspecified atom stereocenters. The second-order valence-corrected chi connectivity index (χ2v) is 3.80. The molecule has 0 radical (unpaired) electrons. The molecule has 2 aromatic rings. The smallest absolute Gasteiger partial charge is 0.168 e. The van der Waals surface area contributed by atoms with Gasteiger partial charge < -0.3 is 10.5 Å². The third-order valence-corrected chi connectivity index (χ3v) is 2.38. The van der Waals surface area contributed by atoms with Crippen molar-refractivity contribution in [3.8, 4) is 11.8 Å². The third kappa shape index (κ3) is 2.74. The van der Waals surface area contributed by atoms with E-state index in [2.05, 4.69) is 9.97 Å². The summed E-state index contributed by atoms with van der Waals surface area (Å²) in [5, 5.41) is 8.70. The standard InChI is InChI=1S/C13H12N4O/c1-9-2-4-11(5-3-9)18-8-12-16-7-10(6-14)13(15)17-12/h2-5,7H,8H2,1H3,(H2,15,16,17). The number of hydrogen-bond acceptors (Lipinski definition) is 5. The predicted octanol–water partition coefficient (Wildman–Crippen LogP) is 1.82. The van der Waals surface area contributed by atoms with Crippen molar-refractivity contribution in [2.75, 3.05) is 5.73 Å². The van der Waals surface area contributed by atoms with Crippen molar-refractivity contribution in [2.45, 2.75) is 13.5 Å². The lowest BCUT2D eigenvalue weighted by Gasteiger charge is -2.06. The fourth-order valence-electron chi connectivity index (χ4n) is 1.37. The number of aryl methyl sites for hydroxylation is 1. The predicted molar refractivity (Wildman–Crippen MR) is 66.7 cm³/mol. The average molecular weight is 240 g/mol. The van der Waals surface area contributed by atoms with Crippen LogP contribution in [0.2, 0.25) is 0 Å². The molecule has 0 fully saturated rings. The fraction of sp³-hybridized carbons (Fsp3) is 0.154. The Balaban J connectivity index is 2.04. The van der Waals surface area contributed by atoms with Crippen LogP contribution in [-0.4, -0.2) is 9.97 Å². The van der Waals surface area contributed by atoms with Gasteiger partial charge in [-0.1, -0.05) is 17.7 Å². The Morgan fingerprint density at radius 1 is 1.33 bits per heavy atom. The zero-order valence-electron chi connectivity index (χ0n) is 9.92. The number of nitrogens with two attached hydrogens (primary N) is 1. The maximum absolute atomic E-state index is 8.70. The van der Waals surface area contributed by atoms with E-state index in [1.54, 1.807) is 0 Å². The maximum Gasteiger partial charge on any atom is 0.168 e. The van der Waals surface area contributed by atoms with Gasteiger partial charge in [0.1, 0.15) is 29.8 Å². The van der Waals surface area contributed by atoms with Crippen LogP contribution in [0.4, 0.5) is 5.82 Å². The highest BCUT2D eigenvalue weighted by Gasteiger charge is 2.04. The van der Waals surface area contributed by atoms with E-state index in [1.807, 2.05) is 37.3 Å². The number of aromatic nitrogens is 2. The number of ether oxygens (including phenoxy) is 1. The topological polar surface area (TPSA) is 84.8 Å². The van der Waals surface area contributed by atoms with E-state index in [-0.39, 0.29) is 18.0 Å². The molecule has 1 aromatic carbocycles. The SMILES string of the molecule is Cc1ccc(OCc2ncc(C#N)c(N)n2)cc1. The van der Waals surface area contributed by atoms with Gasteiger partial charge in [0, 0.05) is 0 Å². The summed E-state index contributed by atoms with van der Waals surface area (Å²) in [6, 6.07) is 9.59. The van der Waals surface area contributed by atoms with Crippen LogP contribution in [0, 0.1) is 18.3 Å². The van der Waals surface area contributed by atoms with Gasteiger partial charge >= 0.3 is 0 Å². The van der Waals surface area contributed by atoms with Crippen molar-refractivity contribution in [1.82, 2.24) is 9.97 Å². The molecule has 0 atom stereocenters. The van der Waals surface area contributed by atoms with E-state index in [4.69, 9.17) is 15.7 Å². The van der Waals surface area contributed by atoms with Crippen molar-refractivity contribution < 1.29 is 4.74 Å². The van der Waals surface area contributed by atoms with Gasteiger partial charge in [-0.3, -0.25) is 0 Å². The van der Waals surface area contributed by atoms with Crippen molar-refractivity contribution in [3.05, 3.63) is 47.4 Å². The van der Waals surface area contributed by atoms with E-state index in [0.717, 1.165) is 5.75 Å². The molecule has 18 heavy (non-hydrogen) atoms. The van der Waals surface area contributed by atoms with Crippen LogP contribution in [0.25, 0.3) is 0 Å². The van der Waals surface area contributed by atoms with Crippen molar-refractivity contribution in [1.29, 1.82) is 5.26 Å². The largest absolute Gasteiger partial charge is 0.486 e. The highest BCUT2D eigenvalue weighted by atomic mass is 16.5. The lowest BCUT2D eigenvalue weighted by Crippen LogP contribution is -2.05. The summed E-state index contributed by atoms with van der Waals surface area (Å²) < 4.78 is 5.51. The average Bonchev–Trinajstić information content (AvgIpc) is 2.38. The Morgan fingerprint density at radius 3 is 2.67 bits per heavy atom. The number of nitrogens with zero attached hydrogens (tertiary/aromatic N) is 3. The van der Waals surface area contributed by atoms with E-state index in [9.17, 15) is 0 Å². The minimum atomic E-state index is 0.176. The Bertz CT molecular complexity index is 587. The van der Waals surface area contributed by atoms with Gasteiger partial charge in [-0.2, -0.15) is 5.26 Å². The lowest BCUT2D eigenvalue weighted by molar-refractivity contribution is 0.296. The molecule has 0 aliphatic rings. The summed E-state index contributed by atoms with van der Waals surface area (Å²) >= 11 is 0. The van der Waals surface area contributed by atoms with Gasteiger partial charge in [0.25, 0.3) is 0 Å². The van der Waals surface area contributed by atoms with Crippen molar-refractivity contribution in [3.63, 3.8) is 0 Å². The molecule has 0 saturated carbocycles. The molecule has 90 valence electrons. The molecule has 0 amide bonds. The lowest BCUT2D eigenvalue weighted by atomic mass is 10.2. The summed E-state index contributed by atoms with van der Waals surface area (Å²) in [7, 11) is 0. The Labute approximate surface area is 105 Å². The molecule has 1 aromatic heterocycles. The molecule has 2 N–H and O–H groups in total. The maximum atomic E-state index is 8.70. The first kappa shape index (κ1) is 11.9. The van der Waals surface area contributed by atoms with Crippen LogP contribution in [0.5, 0.6) is 5.75 Å². The van der Waals surface area contributed by atoms with Crippen LogP contribution in [-0.2, 0) is 6.61 Å². The molecule has 0 bridgehead atoms. The zero-order valence-corrected chi connectivity index (χ0v) is 9.92. The van der Waals surface area contributed by atoms with Gasteiger partial charge in [-0.25, -0.2) is 9.97 Å². The first-order valence-electron chi connectivity index (χ1n) is 5.40. The van der Waals surface area contributed by atoms with Gasteiger partial charge in [0.2, 0.25) is 0 Å². The zero-order chi connectivity index (χ0) is 13.0. The molecule has 0 aliphatic heterocycles. The second kappa shape index (κ2) is 5.15. The van der Waals surface area contributed by atoms with E-state index in [0.29, 0.717) is 5.82 Å². The number of anilines is 1. The Kier molecular flexibility index (Phi) is 3.39. The van der Waals surface area contributed by atoms with Crippen LogP contribution < -0.4 is 10.5 Å². The summed E-state index contributed by atoms with van der Waals surface area (Å²) in [5.74, 6) is 1.37. The highest BCUT2D eigenvalue weighted by Crippen LogP contribution is 2.13. The number of benzene rings is 1. The van der Waals surface area contributed by atoms with Gasteiger partial charge in [0.05, 0.1) is 6.20 Å². The van der Waals surface area contributed by atoms with E-state index >= 15 is 0 Å². The number of rotatable bonds is 3. The fourth-order valence-corrected chi connectivity index (χ4v) is 1.37. The Morgan fingerprint density at radius 2 is 2.06 bits per heavy atom. The molecule has 5 nitrogen and oxygen atoms in total. The van der Waals surface area contributed by atoms with Gasteiger partial charge in [0.15, 0.2) is 5.82 Å². The minimum absolute atomic E-state index is 0.176. The molecule has 0 spiro atoms. The monoisotopic (exact) mass is 240 g/mol. The van der Waals surface area contributed by atoms with Crippen molar-refractivity contribution in [2.24, 2.45) is 0 Å². The molecule has 2 rings (SSSR count). The molecular formula is C13H12N4O. The summed E-state index contributed by atoms with van der Waals surface area (Å²) in [5.41, 5.74) is 7.03. The second-order valence-electron chi connectivity index (χ2n) is 3.80. The van der Waals surface area contributed by atoms with Gasteiger partial charge in [-0.05, 0) is 19.1 Å². The van der Waals surface area contributed by atoms with Gasteiger partial charge in [-0.15, -0.1) is 0 Å². The minimum Gasteiger partial charge on any atom is -0.486 e. The van der Waals surface area contributed by atoms with Crippen LogP contribution in [0.3, 0.4) is 0 Å². The molecule has 0 aliphatic carbocycles. The Hall–Kier alpha value is -2.61. The highest BCUT2D eigenvalue weighted by molar-refractivity contribution is 5.46. The quantitative estimate of drug-likeness (QED) is 0.884. The molecule has 1 heterocycles. The molecule has 5 heteroatoms. The normalized spacial score (nSPS) is 9.78. The van der Waals surface area contributed by atoms with Crippen LogP contribution in [0.1, 0.15) is 17.0 Å². The molecule has 0 saturated heterocycles. The summed E-state index contributed by atoms with van der Waals surface area (Å²) in [4.78, 5) is 8.00. The van der Waals surface area contributed by atoms with Crippen LogP contribution >= 0.6 is 0 Å². The van der Waals surface area contributed by atoms with Crippen molar-refractivity contribution >= 4 is 5.82 Å². The molecular weight excluding hydrogens is 228 g/mol. The third-order valence-electron chi connectivity index (χ3n) is 2.38. The number of hydrogen-bond donors (Lipinski definition) is 1. The number of nitrogen functional groups attached to an aromatic ring is 1. The van der Waals surface area contributed by atoms with E-state index in [1.165, 1.54) is 11.8 Å². The van der Waals surface area contributed by atoms with E-state index < -0.39 is 0 Å². The van der Waals surface area contributed by atoms with Crippen LogP contribution in [0.15, 0.2) is 30.5 Å². The summed E-state index contributed by atoms with van der Waals surface area (Å²) in [6.45, 7) is 2.23. The summed E-state index contributed by atoms with van der Waals surface area (Å²) in [6.07, 6.45) is 1.40.